The van der Waals surface area contributed by atoms with Gasteiger partial charge in [0.25, 0.3) is 10.1 Å². The predicted molar refractivity (Wildman–Crippen MR) is 127 cm³/mol. The summed E-state index contributed by atoms with van der Waals surface area (Å²) in [5, 5.41) is 14.0. The standard InChI is InChI=1S/C14H25N3O4S.C7H8O3S/c1-7(16-11(21)8(15)6-9(18)19)10(20)17-12-13(2,3)22-14(12,4)5;1-6-2-4-7(5-3-6)11(8,9)10/h7-8,12H,6,15H2,1-5H3,(H,16,21)(H,17,20)(H,18,19);2-5H,1H3,(H,8,9,10)/t7-,8+;/m1./s1. The molecule has 2 amide bonds. The van der Waals surface area contributed by atoms with Crippen LogP contribution in [0.25, 0.3) is 0 Å². The maximum Gasteiger partial charge on any atom is 0.305 e. The normalized spacial score (nSPS) is 18.5. The highest BCUT2D eigenvalue weighted by atomic mass is 32.2. The molecule has 33 heavy (non-hydrogen) atoms. The van der Waals surface area contributed by atoms with E-state index in [1.54, 1.807) is 30.8 Å². The average molecular weight is 504 g/mol. The van der Waals surface area contributed by atoms with E-state index in [1.165, 1.54) is 12.1 Å². The zero-order chi connectivity index (χ0) is 25.8. The number of nitrogens with one attached hydrogen (secondary N) is 2. The molecule has 0 radical (unpaired) electrons. The summed E-state index contributed by atoms with van der Waals surface area (Å²) in [5.41, 5.74) is 6.42. The third kappa shape index (κ3) is 8.61. The smallest absolute Gasteiger partial charge is 0.305 e. The van der Waals surface area contributed by atoms with Crippen molar-refractivity contribution < 1.29 is 32.5 Å². The van der Waals surface area contributed by atoms with Crippen molar-refractivity contribution in [3.63, 3.8) is 0 Å². The van der Waals surface area contributed by atoms with Gasteiger partial charge in [-0.25, -0.2) is 0 Å². The zero-order valence-electron chi connectivity index (χ0n) is 19.6. The van der Waals surface area contributed by atoms with Crippen LogP contribution in [0.4, 0.5) is 0 Å². The molecular weight excluding hydrogens is 470 g/mol. The fraction of sp³-hybridized carbons (Fsp3) is 0.571. The van der Waals surface area contributed by atoms with Crippen LogP contribution in [0.15, 0.2) is 29.2 Å². The second kappa shape index (κ2) is 10.9. The van der Waals surface area contributed by atoms with Gasteiger partial charge in [-0.2, -0.15) is 8.42 Å². The monoisotopic (exact) mass is 503 g/mol. The number of rotatable bonds is 7. The van der Waals surface area contributed by atoms with Crippen molar-refractivity contribution in [3.05, 3.63) is 29.8 Å². The molecule has 2 rings (SSSR count). The van der Waals surface area contributed by atoms with Gasteiger partial charge in [-0.1, -0.05) is 17.7 Å². The number of carbonyl (C=O) groups excluding carboxylic acids is 2. The summed E-state index contributed by atoms with van der Waals surface area (Å²) in [6, 6.07) is 4.04. The Morgan fingerprint density at radius 1 is 1.09 bits per heavy atom. The molecule has 1 aromatic rings. The van der Waals surface area contributed by atoms with E-state index in [0.717, 1.165) is 5.56 Å². The van der Waals surface area contributed by atoms with Gasteiger partial charge in [0.15, 0.2) is 0 Å². The van der Waals surface area contributed by atoms with Gasteiger partial charge in [0, 0.05) is 9.49 Å². The van der Waals surface area contributed by atoms with Gasteiger partial charge < -0.3 is 21.5 Å². The van der Waals surface area contributed by atoms with Gasteiger partial charge in [0.05, 0.1) is 23.4 Å². The third-order valence-electron chi connectivity index (χ3n) is 5.01. The van der Waals surface area contributed by atoms with Crippen LogP contribution in [-0.2, 0) is 24.5 Å². The molecule has 0 bridgehead atoms. The van der Waals surface area contributed by atoms with Crippen LogP contribution >= 0.6 is 11.8 Å². The van der Waals surface area contributed by atoms with E-state index in [0.29, 0.717) is 0 Å². The van der Waals surface area contributed by atoms with E-state index in [2.05, 4.69) is 38.3 Å². The van der Waals surface area contributed by atoms with Crippen LogP contribution in [0.3, 0.4) is 0 Å². The van der Waals surface area contributed by atoms with Crippen molar-refractivity contribution in [2.24, 2.45) is 5.73 Å². The first-order valence-electron chi connectivity index (χ1n) is 10.2. The molecule has 0 aromatic heterocycles. The summed E-state index contributed by atoms with van der Waals surface area (Å²) in [6.07, 6.45) is -0.473. The Bertz CT molecular complexity index is 962. The molecule has 2 atom stereocenters. The molecule has 1 aliphatic rings. The second-order valence-corrected chi connectivity index (χ2v) is 12.7. The number of aliphatic carboxylic acids is 1. The van der Waals surface area contributed by atoms with Crippen molar-refractivity contribution in [3.8, 4) is 0 Å². The highest BCUT2D eigenvalue weighted by Crippen LogP contribution is 2.54. The zero-order valence-corrected chi connectivity index (χ0v) is 21.2. The molecular formula is C21H33N3O7S2. The first-order valence-corrected chi connectivity index (χ1v) is 12.4. The van der Waals surface area contributed by atoms with Gasteiger partial charge in [0.1, 0.15) is 6.04 Å². The minimum atomic E-state index is -4.02. The molecule has 186 valence electrons. The minimum Gasteiger partial charge on any atom is -0.481 e. The van der Waals surface area contributed by atoms with E-state index in [9.17, 15) is 22.8 Å². The van der Waals surface area contributed by atoms with Crippen LogP contribution in [0.2, 0.25) is 0 Å². The van der Waals surface area contributed by atoms with Crippen molar-refractivity contribution >= 4 is 39.7 Å². The minimum absolute atomic E-state index is 0.00968. The number of thioether (sulfide) groups is 1. The van der Waals surface area contributed by atoms with Crippen molar-refractivity contribution in [2.75, 3.05) is 0 Å². The molecule has 0 unspecified atom stereocenters. The highest BCUT2D eigenvalue weighted by molar-refractivity contribution is 8.03. The first kappa shape index (κ1) is 28.9. The Balaban J connectivity index is 0.000000412. The van der Waals surface area contributed by atoms with Gasteiger partial charge in [0.2, 0.25) is 11.8 Å². The van der Waals surface area contributed by atoms with E-state index >= 15 is 0 Å². The molecule has 0 spiro atoms. The van der Waals surface area contributed by atoms with Crippen LogP contribution in [0.1, 0.15) is 46.6 Å². The summed E-state index contributed by atoms with van der Waals surface area (Å²) in [5.74, 6) is -2.11. The number of carbonyl (C=O) groups is 3. The number of hydrogen-bond donors (Lipinski definition) is 5. The molecule has 0 saturated carbocycles. The number of benzene rings is 1. The van der Waals surface area contributed by atoms with Crippen molar-refractivity contribution in [1.29, 1.82) is 0 Å². The molecule has 1 saturated heterocycles. The van der Waals surface area contributed by atoms with Crippen molar-refractivity contribution in [2.45, 2.75) is 80.5 Å². The Morgan fingerprint density at radius 3 is 1.97 bits per heavy atom. The van der Waals surface area contributed by atoms with Crippen LogP contribution in [0.5, 0.6) is 0 Å². The van der Waals surface area contributed by atoms with Gasteiger partial charge in [-0.05, 0) is 53.7 Å². The van der Waals surface area contributed by atoms with Crippen LogP contribution in [0, 0.1) is 6.92 Å². The molecule has 10 nitrogen and oxygen atoms in total. The molecule has 1 heterocycles. The molecule has 6 N–H and O–H groups in total. The third-order valence-corrected chi connectivity index (χ3v) is 7.40. The maximum atomic E-state index is 12.2. The van der Waals surface area contributed by atoms with E-state index in [4.69, 9.17) is 15.4 Å². The number of nitrogens with two attached hydrogens (primary N) is 1. The summed E-state index contributed by atoms with van der Waals surface area (Å²) >= 11 is 1.79. The number of amides is 2. The summed E-state index contributed by atoms with van der Waals surface area (Å²) in [6.45, 7) is 11.6. The van der Waals surface area contributed by atoms with E-state index < -0.39 is 40.5 Å². The fourth-order valence-electron chi connectivity index (χ4n) is 3.57. The number of hydrogen-bond acceptors (Lipinski definition) is 7. The van der Waals surface area contributed by atoms with E-state index in [-0.39, 0.29) is 26.3 Å². The summed E-state index contributed by atoms with van der Waals surface area (Å²) in [7, 11) is -4.02. The van der Waals surface area contributed by atoms with E-state index in [1.807, 2.05) is 6.92 Å². The average Bonchev–Trinajstić information content (AvgIpc) is 2.64. The topological polar surface area (TPSA) is 176 Å². The van der Waals surface area contributed by atoms with Gasteiger partial charge in [-0.15, -0.1) is 11.8 Å². The lowest BCUT2D eigenvalue weighted by Crippen LogP contribution is -2.68. The lowest BCUT2D eigenvalue weighted by molar-refractivity contribution is -0.139. The van der Waals surface area contributed by atoms with Crippen molar-refractivity contribution in [1.82, 2.24) is 10.6 Å². The lowest BCUT2D eigenvalue weighted by atomic mass is 9.89. The van der Waals surface area contributed by atoms with Crippen LogP contribution < -0.4 is 16.4 Å². The molecule has 1 fully saturated rings. The Hall–Kier alpha value is -2.15. The second-order valence-electron chi connectivity index (χ2n) is 8.97. The summed E-state index contributed by atoms with van der Waals surface area (Å²) < 4.78 is 29.4. The maximum absolute atomic E-state index is 12.2. The predicted octanol–water partition coefficient (Wildman–Crippen LogP) is 1.32. The molecule has 0 aliphatic carbocycles. The number of carboxylic acids is 1. The largest absolute Gasteiger partial charge is 0.481 e. The molecule has 12 heteroatoms. The van der Waals surface area contributed by atoms with Gasteiger partial charge >= 0.3 is 5.97 Å². The quantitative estimate of drug-likeness (QED) is 0.343. The first-order chi connectivity index (χ1) is 14.9. The van der Waals surface area contributed by atoms with Gasteiger partial charge in [-0.3, -0.25) is 18.9 Å². The fourth-order valence-corrected chi connectivity index (χ4v) is 6.16. The summed E-state index contributed by atoms with van der Waals surface area (Å²) in [4.78, 5) is 34.4. The molecule has 1 aliphatic heterocycles. The Morgan fingerprint density at radius 2 is 1.58 bits per heavy atom. The van der Waals surface area contributed by atoms with Crippen LogP contribution in [-0.4, -0.2) is 63.5 Å². The Kier molecular flexibility index (Phi) is 9.50. The Labute approximate surface area is 198 Å². The highest BCUT2D eigenvalue weighted by Gasteiger charge is 2.54. The number of aryl methyl sites for hydroxylation is 1. The number of carboxylic acid groups (broad SMARTS) is 1. The molecule has 1 aromatic carbocycles. The SMILES string of the molecule is C[C@@H](NC(=O)[C@@H](N)CC(=O)O)C(=O)NC1C(C)(C)SC1(C)C.Cc1ccc(S(=O)(=O)O)cc1. The lowest BCUT2D eigenvalue weighted by Gasteiger charge is -2.57.